The summed E-state index contributed by atoms with van der Waals surface area (Å²) in [5, 5.41) is 7.62. The van der Waals surface area contributed by atoms with Crippen LogP contribution in [0.3, 0.4) is 0 Å². The maximum Gasteiger partial charge on any atom is 0.160 e. The number of benzene rings is 6. The first-order valence-electron chi connectivity index (χ1n) is 11.7. The third-order valence-electron chi connectivity index (χ3n) is 7.20. The van der Waals surface area contributed by atoms with Crippen LogP contribution in [0.1, 0.15) is 0 Å². The van der Waals surface area contributed by atoms with Gasteiger partial charge in [-0.25, -0.2) is 4.39 Å². The third-order valence-corrected chi connectivity index (χ3v) is 7.20. The van der Waals surface area contributed by atoms with Gasteiger partial charge in [0.25, 0.3) is 0 Å². The zero-order chi connectivity index (χ0) is 23.1. The maximum atomic E-state index is 16.1. The van der Waals surface area contributed by atoms with E-state index in [1.54, 1.807) is 6.07 Å². The molecule has 0 atom stereocenters. The van der Waals surface area contributed by atoms with Crippen LogP contribution in [0.4, 0.5) is 4.39 Å². The second-order valence-electron chi connectivity index (χ2n) is 9.05. The first-order valence-corrected chi connectivity index (χ1v) is 11.7. The fourth-order valence-corrected chi connectivity index (χ4v) is 5.82. The van der Waals surface area contributed by atoms with Gasteiger partial charge in [-0.1, -0.05) is 84.9 Å². The van der Waals surface area contributed by atoms with Gasteiger partial charge in [-0.05, 0) is 40.4 Å². The Labute approximate surface area is 199 Å². The number of rotatable bonds is 1. The molecule has 0 aliphatic rings. The van der Waals surface area contributed by atoms with Gasteiger partial charge in [0.2, 0.25) is 0 Å². The predicted octanol–water partition coefficient (Wildman–Crippen LogP) is 9.13. The van der Waals surface area contributed by atoms with E-state index in [-0.39, 0.29) is 5.82 Å². The second kappa shape index (κ2) is 6.71. The Kier molecular flexibility index (Phi) is 3.59. The normalized spacial score (nSPS) is 12.1. The van der Waals surface area contributed by atoms with Crippen molar-refractivity contribution in [2.24, 2.45) is 0 Å². The van der Waals surface area contributed by atoms with Crippen molar-refractivity contribution < 1.29 is 8.81 Å². The molecule has 0 bridgehead atoms. The molecule has 2 aromatic heterocycles. The minimum atomic E-state index is -0.223. The fourth-order valence-electron chi connectivity index (χ4n) is 5.82. The van der Waals surface area contributed by atoms with Crippen LogP contribution < -0.4 is 0 Å². The van der Waals surface area contributed by atoms with Crippen LogP contribution in [0.2, 0.25) is 0 Å². The van der Waals surface area contributed by atoms with E-state index in [1.165, 1.54) is 0 Å². The molecule has 0 spiro atoms. The molecule has 0 fully saturated rings. The summed E-state index contributed by atoms with van der Waals surface area (Å²) in [5.41, 5.74) is 4.34. The van der Waals surface area contributed by atoms with E-state index in [1.807, 2.05) is 66.7 Å². The number of para-hydroxylation sites is 2. The summed E-state index contributed by atoms with van der Waals surface area (Å²) in [4.78, 5) is 0. The lowest BCUT2D eigenvalue weighted by atomic mass is 9.98. The molecular formula is C32H18FNO. The van der Waals surface area contributed by atoms with E-state index in [0.717, 1.165) is 65.6 Å². The summed E-state index contributed by atoms with van der Waals surface area (Å²) in [6.45, 7) is 0. The van der Waals surface area contributed by atoms with Crippen LogP contribution in [-0.2, 0) is 0 Å². The molecule has 0 saturated carbocycles. The third kappa shape index (κ3) is 2.37. The van der Waals surface area contributed by atoms with E-state index >= 15 is 4.39 Å². The number of hydrogen-bond acceptors (Lipinski definition) is 1. The number of aromatic nitrogens is 1. The van der Waals surface area contributed by atoms with Crippen molar-refractivity contribution in [3.63, 3.8) is 0 Å². The summed E-state index contributed by atoms with van der Waals surface area (Å²) in [6, 6.07) is 36.3. The highest BCUT2D eigenvalue weighted by molar-refractivity contribution is 6.36. The monoisotopic (exact) mass is 451 g/mol. The topological polar surface area (TPSA) is 18.1 Å². The molecule has 35 heavy (non-hydrogen) atoms. The Morgan fingerprint density at radius 3 is 1.97 bits per heavy atom. The molecule has 0 radical (unpaired) electrons. The molecule has 2 heterocycles. The van der Waals surface area contributed by atoms with Gasteiger partial charge in [-0.2, -0.15) is 0 Å². The van der Waals surface area contributed by atoms with Gasteiger partial charge in [-0.3, -0.25) is 0 Å². The van der Waals surface area contributed by atoms with Gasteiger partial charge in [-0.15, -0.1) is 0 Å². The number of fused-ring (bicyclic) bond motifs is 12. The van der Waals surface area contributed by atoms with Crippen LogP contribution in [-0.4, -0.2) is 4.57 Å². The van der Waals surface area contributed by atoms with E-state index in [4.69, 9.17) is 4.42 Å². The number of nitrogens with zero attached hydrogens (tertiary/aromatic N) is 1. The Morgan fingerprint density at radius 2 is 1.17 bits per heavy atom. The van der Waals surface area contributed by atoms with E-state index in [2.05, 4.69) is 41.0 Å². The Bertz CT molecular complexity index is 2120. The smallest absolute Gasteiger partial charge is 0.160 e. The summed E-state index contributed by atoms with van der Waals surface area (Å²) in [6.07, 6.45) is 0. The highest BCUT2D eigenvalue weighted by Crippen LogP contribution is 2.47. The van der Waals surface area contributed by atoms with Gasteiger partial charge in [0.05, 0.1) is 11.0 Å². The van der Waals surface area contributed by atoms with Crippen molar-refractivity contribution in [2.75, 3.05) is 0 Å². The summed E-state index contributed by atoms with van der Waals surface area (Å²) < 4.78 is 24.8. The molecule has 0 saturated heterocycles. The lowest BCUT2D eigenvalue weighted by molar-refractivity contribution is 0.642. The summed E-state index contributed by atoms with van der Waals surface area (Å²) in [7, 11) is 0. The van der Waals surface area contributed by atoms with Gasteiger partial charge < -0.3 is 8.98 Å². The van der Waals surface area contributed by atoms with Crippen molar-refractivity contribution in [3.05, 3.63) is 115 Å². The van der Waals surface area contributed by atoms with Gasteiger partial charge in [0.15, 0.2) is 5.58 Å². The van der Waals surface area contributed by atoms with E-state index < -0.39 is 0 Å². The van der Waals surface area contributed by atoms with Crippen LogP contribution in [0, 0.1) is 5.82 Å². The minimum absolute atomic E-state index is 0.223. The molecule has 164 valence electrons. The lowest BCUT2D eigenvalue weighted by Crippen LogP contribution is -1.95. The molecule has 3 heteroatoms. The zero-order valence-electron chi connectivity index (χ0n) is 18.6. The molecule has 0 unspecified atom stereocenters. The van der Waals surface area contributed by atoms with Crippen molar-refractivity contribution >= 4 is 65.3 Å². The molecule has 2 nitrogen and oxygen atoms in total. The van der Waals surface area contributed by atoms with Crippen molar-refractivity contribution in [1.82, 2.24) is 4.57 Å². The minimum Gasteiger partial charge on any atom is -0.454 e. The first kappa shape index (κ1) is 18.8. The lowest BCUT2D eigenvalue weighted by Gasteiger charge is -2.10. The Hall–Kier alpha value is -4.63. The Balaban J connectivity index is 1.81. The van der Waals surface area contributed by atoms with Crippen molar-refractivity contribution in [2.45, 2.75) is 0 Å². The Morgan fingerprint density at radius 1 is 0.543 bits per heavy atom. The average molecular weight is 452 g/mol. The molecule has 0 amide bonds. The van der Waals surface area contributed by atoms with Gasteiger partial charge in [0, 0.05) is 32.6 Å². The quantitative estimate of drug-likeness (QED) is 0.243. The average Bonchev–Trinajstić information content (AvgIpc) is 3.47. The SMILES string of the molecule is Fc1cc2ccccc2c2c1c1c3ccccc3c3c4ccccc4oc3c1n2-c1ccccc1. The van der Waals surface area contributed by atoms with Crippen molar-refractivity contribution in [1.29, 1.82) is 0 Å². The second-order valence-corrected chi connectivity index (χ2v) is 9.05. The molecule has 8 aromatic rings. The van der Waals surface area contributed by atoms with E-state index in [0.29, 0.717) is 5.39 Å². The molecule has 8 rings (SSSR count). The molecular weight excluding hydrogens is 433 g/mol. The first-order chi connectivity index (χ1) is 17.3. The molecule has 0 aliphatic heterocycles. The summed E-state index contributed by atoms with van der Waals surface area (Å²) >= 11 is 0. The van der Waals surface area contributed by atoms with Crippen LogP contribution in [0.15, 0.2) is 114 Å². The maximum absolute atomic E-state index is 16.1. The molecule has 6 aromatic carbocycles. The number of furan rings is 1. The number of halogens is 1. The highest BCUT2D eigenvalue weighted by atomic mass is 19.1. The van der Waals surface area contributed by atoms with Crippen LogP contribution in [0.5, 0.6) is 0 Å². The highest BCUT2D eigenvalue weighted by Gasteiger charge is 2.25. The fraction of sp³-hybridized carbons (Fsp3) is 0. The van der Waals surface area contributed by atoms with Gasteiger partial charge >= 0.3 is 0 Å². The van der Waals surface area contributed by atoms with Gasteiger partial charge in [0.1, 0.15) is 11.4 Å². The predicted molar refractivity (Wildman–Crippen MR) is 143 cm³/mol. The van der Waals surface area contributed by atoms with E-state index in [9.17, 15) is 0 Å². The molecule has 0 N–H and O–H groups in total. The van der Waals surface area contributed by atoms with Crippen LogP contribution in [0.25, 0.3) is 71.0 Å². The summed E-state index contributed by atoms with van der Waals surface area (Å²) in [5.74, 6) is -0.223. The standard InChI is InChI=1S/C32H18FNO/c33-25-18-19-10-4-5-13-21(19)30-29(25)28-23-15-7-6-14-22(23)27-24-16-8-9-17-26(24)35-32(27)31(28)34(30)20-11-2-1-3-12-20/h1-18H. The largest absolute Gasteiger partial charge is 0.454 e. The number of hydrogen-bond donors (Lipinski definition) is 0. The van der Waals surface area contributed by atoms with Crippen LogP contribution >= 0.6 is 0 Å². The van der Waals surface area contributed by atoms with Crippen molar-refractivity contribution in [3.8, 4) is 5.69 Å². The zero-order valence-corrected chi connectivity index (χ0v) is 18.6. The molecule has 0 aliphatic carbocycles.